The monoisotopic (exact) mass is 245 g/mol. The zero-order valence-corrected chi connectivity index (χ0v) is 9.75. The summed E-state index contributed by atoms with van der Waals surface area (Å²) < 4.78 is 31.3. The molecule has 0 aromatic heterocycles. The van der Waals surface area contributed by atoms with Crippen molar-refractivity contribution in [2.24, 2.45) is 0 Å². The molecule has 1 aromatic rings. The normalized spacial score (nSPS) is 19.2. The lowest BCUT2D eigenvalue weighted by molar-refractivity contribution is 0.0141. The van der Waals surface area contributed by atoms with E-state index in [0.29, 0.717) is 0 Å². The van der Waals surface area contributed by atoms with Crippen LogP contribution in [0.1, 0.15) is 6.92 Å². The second-order valence-electron chi connectivity index (χ2n) is 3.90. The first kappa shape index (κ1) is 11.7. The van der Waals surface area contributed by atoms with E-state index in [1.54, 1.807) is 0 Å². The fourth-order valence-electron chi connectivity index (χ4n) is 1.60. The second-order valence-corrected chi connectivity index (χ2v) is 4.65. The van der Waals surface area contributed by atoms with E-state index in [9.17, 15) is 8.78 Å². The minimum absolute atomic E-state index is 0.0328. The number of hydrogen-bond donors (Lipinski definition) is 1. The van der Waals surface area contributed by atoms with Crippen LogP contribution in [-0.2, 0) is 0 Å². The Labute approximate surface area is 98.6 Å². The fraction of sp³-hybridized carbons (Fsp3) is 0.455. The number of thiol groups is 1. The summed E-state index contributed by atoms with van der Waals surface area (Å²) >= 11 is 4.27. The number of halogens is 2. The van der Waals surface area contributed by atoms with Crippen molar-refractivity contribution in [3.63, 3.8) is 0 Å². The lowest BCUT2D eigenvalue weighted by atomic mass is 10.1. The van der Waals surface area contributed by atoms with Gasteiger partial charge in [-0.15, -0.1) is 0 Å². The Hall–Kier alpha value is -0.810. The number of rotatable bonds is 3. The Morgan fingerprint density at radius 2 is 2.12 bits per heavy atom. The summed E-state index contributed by atoms with van der Waals surface area (Å²) in [6.07, 6.45) is -0.0328. The highest BCUT2D eigenvalue weighted by Gasteiger charge is 2.31. The lowest BCUT2D eigenvalue weighted by Crippen LogP contribution is -2.55. The molecule has 0 saturated carbocycles. The average Bonchev–Trinajstić information content (AvgIpc) is 2.12. The molecule has 0 bridgehead atoms. The highest BCUT2D eigenvalue weighted by molar-refractivity contribution is 7.80. The molecule has 1 aromatic carbocycles. The molecule has 0 spiro atoms. The molecular formula is C11H13F2NOS. The summed E-state index contributed by atoms with van der Waals surface area (Å²) in [6, 6.07) is 3.33. The highest BCUT2D eigenvalue weighted by atomic mass is 32.1. The van der Waals surface area contributed by atoms with Crippen LogP contribution in [0.4, 0.5) is 8.78 Å². The Kier molecular flexibility index (Phi) is 3.35. The lowest BCUT2D eigenvalue weighted by Gasteiger charge is -2.41. The van der Waals surface area contributed by atoms with Crippen LogP contribution in [0.2, 0.25) is 0 Å². The van der Waals surface area contributed by atoms with Crippen LogP contribution in [0.3, 0.4) is 0 Å². The first-order valence-electron chi connectivity index (χ1n) is 5.10. The van der Waals surface area contributed by atoms with E-state index in [2.05, 4.69) is 17.5 Å². The van der Waals surface area contributed by atoms with E-state index in [0.717, 1.165) is 19.2 Å². The van der Waals surface area contributed by atoms with E-state index in [4.69, 9.17) is 4.74 Å². The largest absolute Gasteiger partial charge is 0.485 e. The molecule has 1 heterocycles. The predicted molar refractivity (Wildman–Crippen MR) is 60.8 cm³/mol. The standard InChI is InChI=1S/C11H13F2NOS/c1-7(16)14-5-9(6-14)15-11-3-2-8(12)4-10(11)13/h2-4,7,9,16H,5-6H2,1H3. The zero-order chi connectivity index (χ0) is 11.7. The van der Waals surface area contributed by atoms with E-state index < -0.39 is 11.6 Å². The molecule has 1 aliphatic heterocycles. The molecule has 1 fully saturated rings. The van der Waals surface area contributed by atoms with Gasteiger partial charge in [-0.1, -0.05) is 0 Å². The molecule has 2 nitrogen and oxygen atoms in total. The van der Waals surface area contributed by atoms with Gasteiger partial charge in [0.2, 0.25) is 0 Å². The third kappa shape index (κ3) is 2.47. The van der Waals surface area contributed by atoms with E-state index in [1.807, 2.05) is 6.92 Å². The predicted octanol–water partition coefficient (Wildman–Crippen LogP) is 2.30. The molecule has 0 aliphatic carbocycles. The molecule has 1 saturated heterocycles. The fourth-order valence-corrected chi connectivity index (χ4v) is 1.79. The van der Waals surface area contributed by atoms with Gasteiger partial charge < -0.3 is 4.74 Å². The summed E-state index contributed by atoms with van der Waals surface area (Å²) in [4.78, 5) is 2.09. The van der Waals surface area contributed by atoms with E-state index >= 15 is 0 Å². The van der Waals surface area contributed by atoms with Gasteiger partial charge in [-0.3, -0.25) is 4.90 Å². The Balaban J connectivity index is 1.91. The van der Waals surface area contributed by atoms with Gasteiger partial charge in [0, 0.05) is 19.2 Å². The molecule has 1 unspecified atom stereocenters. The molecule has 1 aliphatic rings. The Morgan fingerprint density at radius 3 is 2.69 bits per heavy atom. The summed E-state index contributed by atoms with van der Waals surface area (Å²) in [5.74, 6) is -1.14. The Morgan fingerprint density at radius 1 is 1.44 bits per heavy atom. The van der Waals surface area contributed by atoms with Gasteiger partial charge >= 0.3 is 0 Å². The van der Waals surface area contributed by atoms with Crippen molar-refractivity contribution in [1.29, 1.82) is 0 Å². The van der Waals surface area contributed by atoms with Gasteiger partial charge in [0.1, 0.15) is 11.9 Å². The third-order valence-electron chi connectivity index (χ3n) is 2.59. The molecule has 5 heteroatoms. The zero-order valence-electron chi connectivity index (χ0n) is 8.86. The third-order valence-corrected chi connectivity index (χ3v) is 2.92. The van der Waals surface area contributed by atoms with Crippen LogP contribution in [0, 0.1) is 11.6 Å². The minimum Gasteiger partial charge on any atom is -0.485 e. The number of benzene rings is 1. The smallest absolute Gasteiger partial charge is 0.167 e. The average molecular weight is 245 g/mol. The molecular weight excluding hydrogens is 232 g/mol. The number of nitrogens with zero attached hydrogens (tertiary/aromatic N) is 1. The van der Waals surface area contributed by atoms with Crippen molar-refractivity contribution < 1.29 is 13.5 Å². The Bertz CT molecular complexity index is 380. The maximum absolute atomic E-state index is 13.2. The van der Waals surface area contributed by atoms with Crippen molar-refractivity contribution >= 4 is 12.6 Å². The van der Waals surface area contributed by atoms with Gasteiger partial charge in [-0.2, -0.15) is 12.6 Å². The summed E-state index contributed by atoms with van der Waals surface area (Å²) in [5, 5.41) is 0.179. The molecule has 16 heavy (non-hydrogen) atoms. The molecule has 0 radical (unpaired) electrons. The minimum atomic E-state index is -0.655. The first-order chi connectivity index (χ1) is 7.56. The molecule has 88 valence electrons. The summed E-state index contributed by atoms with van der Waals surface area (Å²) in [7, 11) is 0. The maximum atomic E-state index is 13.2. The highest BCUT2D eigenvalue weighted by Crippen LogP contribution is 2.23. The van der Waals surface area contributed by atoms with Gasteiger partial charge in [-0.05, 0) is 19.1 Å². The van der Waals surface area contributed by atoms with Crippen LogP contribution in [0.15, 0.2) is 18.2 Å². The van der Waals surface area contributed by atoms with Gasteiger partial charge in [0.15, 0.2) is 11.6 Å². The molecule has 0 amide bonds. The SMILES string of the molecule is CC(S)N1CC(Oc2ccc(F)cc2F)C1. The van der Waals surface area contributed by atoms with Crippen LogP contribution in [-0.4, -0.2) is 29.5 Å². The first-order valence-corrected chi connectivity index (χ1v) is 5.61. The number of ether oxygens (including phenoxy) is 1. The van der Waals surface area contributed by atoms with E-state index in [-0.39, 0.29) is 17.2 Å². The van der Waals surface area contributed by atoms with Crippen LogP contribution in [0.5, 0.6) is 5.75 Å². The second kappa shape index (κ2) is 4.59. The van der Waals surface area contributed by atoms with Crippen LogP contribution in [0.25, 0.3) is 0 Å². The van der Waals surface area contributed by atoms with Crippen LogP contribution >= 0.6 is 12.6 Å². The van der Waals surface area contributed by atoms with Crippen molar-refractivity contribution in [3.8, 4) is 5.75 Å². The molecule has 1 atom stereocenters. The van der Waals surface area contributed by atoms with Gasteiger partial charge in [0.25, 0.3) is 0 Å². The van der Waals surface area contributed by atoms with E-state index in [1.165, 1.54) is 12.1 Å². The van der Waals surface area contributed by atoms with Crippen molar-refractivity contribution in [3.05, 3.63) is 29.8 Å². The van der Waals surface area contributed by atoms with Gasteiger partial charge in [0.05, 0.1) is 5.37 Å². The van der Waals surface area contributed by atoms with Crippen LogP contribution < -0.4 is 4.74 Å². The maximum Gasteiger partial charge on any atom is 0.167 e. The van der Waals surface area contributed by atoms with Crippen molar-refractivity contribution in [2.75, 3.05) is 13.1 Å². The summed E-state index contributed by atoms with van der Waals surface area (Å²) in [6.45, 7) is 3.42. The number of likely N-dealkylation sites (tertiary alicyclic amines) is 1. The van der Waals surface area contributed by atoms with Crippen molar-refractivity contribution in [1.82, 2.24) is 4.90 Å². The topological polar surface area (TPSA) is 12.5 Å². The quantitative estimate of drug-likeness (QED) is 0.820. The molecule has 0 N–H and O–H groups in total. The number of hydrogen-bond acceptors (Lipinski definition) is 3. The van der Waals surface area contributed by atoms with Crippen molar-refractivity contribution in [2.45, 2.75) is 18.4 Å². The van der Waals surface area contributed by atoms with Gasteiger partial charge in [-0.25, -0.2) is 8.78 Å². The molecule has 2 rings (SSSR count). The summed E-state index contributed by atoms with van der Waals surface area (Å²) in [5.41, 5.74) is 0.